The Morgan fingerprint density at radius 2 is 2.03 bits per heavy atom. The zero-order valence-electron chi connectivity index (χ0n) is 15.9. The van der Waals surface area contributed by atoms with E-state index in [1.54, 1.807) is 29.6 Å². The zero-order chi connectivity index (χ0) is 20.8. The van der Waals surface area contributed by atoms with Gasteiger partial charge in [0.15, 0.2) is 6.10 Å². The Labute approximate surface area is 171 Å². The van der Waals surface area contributed by atoms with E-state index in [0.717, 1.165) is 30.8 Å². The van der Waals surface area contributed by atoms with Crippen molar-refractivity contribution in [2.24, 2.45) is 5.73 Å². The van der Waals surface area contributed by atoms with Gasteiger partial charge in [-0.1, -0.05) is 0 Å². The number of anilines is 1. The molecular formula is C20H22N2O6S. The first-order valence-corrected chi connectivity index (χ1v) is 10.1. The average molecular weight is 418 g/mol. The maximum absolute atomic E-state index is 12.3. The molecule has 9 heteroatoms. The van der Waals surface area contributed by atoms with Crippen molar-refractivity contribution < 1.29 is 28.6 Å². The van der Waals surface area contributed by atoms with Crippen molar-refractivity contribution in [1.29, 1.82) is 0 Å². The molecule has 1 aliphatic rings. The molecule has 0 spiro atoms. The second kappa shape index (κ2) is 9.53. The number of nitrogens with two attached hydrogens (primary N) is 1. The van der Waals surface area contributed by atoms with Gasteiger partial charge in [0.05, 0.1) is 17.2 Å². The van der Waals surface area contributed by atoms with Gasteiger partial charge in [-0.05, 0) is 55.5 Å². The van der Waals surface area contributed by atoms with Gasteiger partial charge < -0.3 is 25.3 Å². The van der Waals surface area contributed by atoms with Crippen molar-refractivity contribution in [1.82, 2.24) is 0 Å². The second-order valence-electron chi connectivity index (χ2n) is 6.53. The number of benzene rings is 1. The van der Waals surface area contributed by atoms with Crippen molar-refractivity contribution in [2.75, 3.05) is 18.5 Å². The SMILES string of the molecule is C[C@H](OC(=O)c1ccc(OC[C@H]2CCCO2)cc1)C(=O)Nc1sccc1C(N)=O. The molecule has 3 N–H and O–H groups in total. The van der Waals surface area contributed by atoms with E-state index in [1.165, 1.54) is 13.0 Å². The van der Waals surface area contributed by atoms with Crippen LogP contribution in [0.25, 0.3) is 0 Å². The van der Waals surface area contributed by atoms with E-state index in [0.29, 0.717) is 22.9 Å². The van der Waals surface area contributed by atoms with E-state index >= 15 is 0 Å². The van der Waals surface area contributed by atoms with Crippen molar-refractivity contribution in [3.63, 3.8) is 0 Å². The first-order valence-electron chi connectivity index (χ1n) is 9.17. The predicted octanol–water partition coefficient (Wildman–Crippen LogP) is 2.59. The van der Waals surface area contributed by atoms with Gasteiger partial charge in [0.1, 0.15) is 17.4 Å². The van der Waals surface area contributed by atoms with Gasteiger partial charge in [0.2, 0.25) is 0 Å². The molecule has 3 rings (SSSR count). The number of amides is 2. The van der Waals surface area contributed by atoms with Crippen LogP contribution >= 0.6 is 11.3 Å². The Morgan fingerprint density at radius 3 is 2.69 bits per heavy atom. The van der Waals surface area contributed by atoms with E-state index in [4.69, 9.17) is 19.9 Å². The van der Waals surface area contributed by atoms with Gasteiger partial charge >= 0.3 is 5.97 Å². The van der Waals surface area contributed by atoms with Gasteiger partial charge in [0, 0.05) is 6.61 Å². The number of thiophene rings is 1. The summed E-state index contributed by atoms with van der Waals surface area (Å²) >= 11 is 1.16. The summed E-state index contributed by atoms with van der Waals surface area (Å²) in [5.41, 5.74) is 5.75. The smallest absolute Gasteiger partial charge is 0.338 e. The number of carbonyl (C=O) groups excluding carboxylic acids is 3. The minimum atomic E-state index is -1.05. The van der Waals surface area contributed by atoms with Crippen LogP contribution in [0.1, 0.15) is 40.5 Å². The molecule has 0 bridgehead atoms. The number of rotatable bonds is 8. The van der Waals surface area contributed by atoms with Crippen LogP contribution in [0.4, 0.5) is 5.00 Å². The minimum Gasteiger partial charge on any atom is -0.491 e. The Kier molecular flexibility index (Phi) is 6.84. The van der Waals surface area contributed by atoms with Crippen LogP contribution < -0.4 is 15.8 Å². The molecule has 0 saturated carbocycles. The van der Waals surface area contributed by atoms with Gasteiger partial charge in [-0.3, -0.25) is 9.59 Å². The van der Waals surface area contributed by atoms with Crippen LogP contribution in [0.2, 0.25) is 0 Å². The highest BCUT2D eigenvalue weighted by Gasteiger charge is 2.21. The van der Waals surface area contributed by atoms with Crippen LogP contribution in [0.3, 0.4) is 0 Å². The Balaban J connectivity index is 1.51. The maximum atomic E-state index is 12.3. The summed E-state index contributed by atoms with van der Waals surface area (Å²) in [7, 11) is 0. The predicted molar refractivity (Wildman–Crippen MR) is 107 cm³/mol. The molecule has 29 heavy (non-hydrogen) atoms. The van der Waals surface area contributed by atoms with Gasteiger partial charge in [-0.2, -0.15) is 0 Å². The second-order valence-corrected chi connectivity index (χ2v) is 7.45. The molecule has 1 fully saturated rings. The highest BCUT2D eigenvalue weighted by Crippen LogP contribution is 2.23. The summed E-state index contributed by atoms with van der Waals surface area (Å²) in [6.07, 6.45) is 1.08. The largest absolute Gasteiger partial charge is 0.491 e. The van der Waals surface area contributed by atoms with E-state index in [-0.39, 0.29) is 11.7 Å². The Hall–Kier alpha value is -2.91. The summed E-state index contributed by atoms with van der Waals surface area (Å²) in [6, 6.07) is 7.99. The van der Waals surface area contributed by atoms with Crippen LogP contribution in [0.15, 0.2) is 35.7 Å². The Morgan fingerprint density at radius 1 is 1.28 bits per heavy atom. The molecule has 1 aliphatic heterocycles. The summed E-state index contributed by atoms with van der Waals surface area (Å²) in [5, 5.41) is 4.50. The normalized spacial score (nSPS) is 16.8. The lowest BCUT2D eigenvalue weighted by atomic mass is 10.2. The lowest BCUT2D eigenvalue weighted by Gasteiger charge is -2.14. The van der Waals surface area contributed by atoms with Gasteiger partial charge in [-0.15, -0.1) is 11.3 Å². The molecule has 1 saturated heterocycles. The number of ether oxygens (including phenoxy) is 3. The van der Waals surface area contributed by atoms with E-state index in [1.807, 2.05) is 0 Å². The monoisotopic (exact) mass is 418 g/mol. The summed E-state index contributed by atoms with van der Waals surface area (Å²) < 4.78 is 16.4. The number of hydrogen-bond donors (Lipinski definition) is 2. The van der Waals surface area contributed by atoms with Crippen LogP contribution in [0, 0.1) is 0 Å². The van der Waals surface area contributed by atoms with Crippen LogP contribution in [-0.2, 0) is 14.3 Å². The summed E-state index contributed by atoms with van der Waals surface area (Å²) in [5.74, 6) is -1.22. The molecule has 154 valence electrons. The number of primary amides is 1. The molecule has 0 unspecified atom stereocenters. The summed E-state index contributed by atoms with van der Waals surface area (Å²) in [6.45, 7) is 2.68. The molecule has 2 atom stereocenters. The fourth-order valence-corrected chi connectivity index (χ4v) is 3.54. The zero-order valence-corrected chi connectivity index (χ0v) is 16.7. The van der Waals surface area contributed by atoms with E-state index in [9.17, 15) is 14.4 Å². The molecule has 0 radical (unpaired) electrons. The van der Waals surface area contributed by atoms with Gasteiger partial charge in [-0.25, -0.2) is 4.79 Å². The minimum absolute atomic E-state index is 0.109. The third-order valence-electron chi connectivity index (χ3n) is 4.37. The van der Waals surface area contributed by atoms with Crippen molar-refractivity contribution in [3.05, 3.63) is 46.8 Å². The van der Waals surface area contributed by atoms with E-state index < -0.39 is 23.9 Å². The molecule has 2 amide bonds. The van der Waals surface area contributed by atoms with Crippen molar-refractivity contribution >= 4 is 34.1 Å². The maximum Gasteiger partial charge on any atom is 0.338 e. The first-order chi connectivity index (χ1) is 13.9. The molecule has 1 aromatic carbocycles. The number of nitrogens with one attached hydrogen (secondary N) is 1. The number of carbonyl (C=O) groups is 3. The highest BCUT2D eigenvalue weighted by atomic mass is 32.1. The lowest BCUT2D eigenvalue weighted by molar-refractivity contribution is -0.123. The third kappa shape index (κ3) is 5.55. The van der Waals surface area contributed by atoms with Crippen molar-refractivity contribution in [2.45, 2.75) is 32.0 Å². The first kappa shape index (κ1) is 20.8. The third-order valence-corrected chi connectivity index (χ3v) is 5.20. The molecule has 0 aliphatic carbocycles. The highest BCUT2D eigenvalue weighted by molar-refractivity contribution is 7.14. The Bertz CT molecular complexity index is 873. The van der Waals surface area contributed by atoms with Gasteiger partial charge in [0.25, 0.3) is 11.8 Å². The topological polar surface area (TPSA) is 117 Å². The quantitative estimate of drug-likeness (QED) is 0.637. The number of hydrogen-bond acceptors (Lipinski definition) is 7. The molecular weight excluding hydrogens is 396 g/mol. The van der Waals surface area contributed by atoms with Crippen LogP contribution in [0.5, 0.6) is 5.75 Å². The van der Waals surface area contributed by atoms with Crippen LogP contribution in [-0.4, -0.2) is 43.2 Å². The molecule has 2 heterocycles. The fourth-order valence-electron chi connectivity index (χ4n) is 2.75. The molecule has 2 aromatic rings. The standard InChI is InChI=1S/C20H22N2O6S/c1-12(18(24)22-19-16(17(21)23)8-10-29-19)28-20(25)13-4-6-14(7-5-13)27-11-15-3-2-9-26-15/h4-8,10,12,15H,2-3,9,11H2,1H3,(H2,21,23)(H,22,24)/t12-,15+/m0/s1. The molecule has 8 nitrogen and oxygen atoms in total. The lowest BCUT2D eigenvalue weighted by Crippen LogP contribution is -2.30. The molecule has 1 aromatic heterocycles. The number of esters is 1. The average Bonchev–Trinajstić information content (AvgIpc) is 3.38. The van der Waals surface area contributed by atoms with Crippen molar-refractivity contribution in [3.8, 4) is 5.75 Å². The fraction of sp³-hybridized carbons (Fsp3) is 0.350. The van der Waals surface area contributed by atoms with E-state index in [2.05, 4.69) is 5.32 Å². The summed E-state index contributed by atoms with van der Waals surface area (Å²) in [4.78, 5) is 35.9.